The smallest absolute Gasteiger partial charge is 0.324 e. The van der Waals surface area contributed by atoms with Gasteiger partial charge >= 0.3 is 11.9 Å². The van der Waals surface area contributed by atoms with Crippen molar-refractivity contribution in [2.24, 2.45) is 10.8 Å². The average molecular weight is 334 g/mol. The van der Waals surface area contributed by atoms with Crippen LogP contribution in [-0.4, -0.2) is 42.1 Å². The van der Waals surface area contributed by atoms with Crippen LogP contribution in [0.25, 0.3) is 0 Å². The van der Waals surface area contributed by atoms with Crippen LogP contribution in [0.2, 0.25) is 0 Å². The second kappa shape index (κ2) is 5.54. The summed E-state index contributed by atoms with van der Waals surface area (Å²) in [5.74, 6) is -2.63. The molecule has 8 nitrogen and oxygen atoms in total. The van der Waals surface area contributed by atoms with Gasteiger partial charge in [-0.3, -0.25) is 24.7 Å². The van der Waals surface area contributed by atoms with Gasteiger partial charge in [0.15, 0.2) is 5.41 Å². The summed E-state index contributed by atoms with van der Waals surface area (Å²) in [5, 5.41) is 11.8. The summed E-state index contributed by atoms with van der Waals surface area (Å²) in [5.41, 5.74) is -2.10. The molecule has 0 bridgehead atoms. The van der Waals surface area contributed by atoms with Crippen molar-refractivity contribution in [2.45, 2.75) is 31.2 Å². The first-order chi connectivity index (χ1) is 11.4. The number of hydrogen-bond donors (Lipinski definition) is 0. The summed E-state index contributed by atoms with van der Waals surface area (Å²) in [4.78, 5) is 40.9. The molecule has 0 aliphatic heterocycles. The van der Waals surface area contributed by atoms with Crippen molar-refractivity contribution in [3.05, 3.63) is 40.2 Å². The number of pyridine rings is 1. The molecule has 2 aliphatic carbocycles. The van der Waals surface area contributed by atoms with Crippen LogP contribution in [0, 0.1) is 20.9 Å². The maximum absolute atomic E-state index is 12.6. The normalized spacial score (nSPS) is 25.9. The molecule has 2 aliphatic rings. The fraction of sp³-hybridized carbons (Fsp3) is 0.562. The lowest BCUT2D eigenvalue weighted by Gasteiger charge is -2.29. The molecule has 2 saturated carbocycles. The zero-order chi connectivity index (χ0) is 17.5. The van der Waals surface area contributed by atoms with Crippen LogP contribution in [0.1, 0.15) is 30.9 Å². The quantitative estimate of drug-likeness (QED) is 0.353. The number of ether oxygens (including phenoxy) is 2. The molecular formula is C16H18N2O6. The van der Waals surface area contributed by atoms with Crippen molar-refractivity contribution in [1.82, 2.24) is 4.98 Å². The second-order valence-corrected chi connectivity index (χ2v) is 6.46. The van der Waals surface area contributed by atoms with E-state index in [1.807, 2.05) is 0 Å². The Morgan fingerprint density at radius 1 is 1.25 bits per heavy atom. The van der Waals surface area contributed by atoms with E-state index < -0.39 is 34.7 Å². The van der Waals surface area contributed by atoms with Crippen LogP contribution < -0.4 is 0 Å². The van der Waals surface area contributed by atoms with Gasteiger partial charge in [0.05, 0.1) is 25.8 Å². The van der Waals surface area contributed by atoms with E-state index in [1.54, 1.807) is 18.2 Å². The van der Waals surface area contributed by atoms with Gasteiger partial charge in [0.1, 0.15) is 0 Å². The van der Waals surface area contributed by atoms with E-state index in [0.29, 0.717) is 18.5 Å². The highest BCUT2D eigenvalue weighted by molar-refractivity contribution is 6.02. The molecule has 24 heavy (non-hydrogen) atoms. The third-order valence-electron chi connectivity index (χ3n) is 5.33. The van der Waals surface area contributed by atoms with E-state index in [4.69, 9.17) is 9.47 Å². The van der Waals surface area contributed by atoms with Crippen molar-refractivity contribution >= 4 is 11.9 Å². The molecule has 1 heterocycles. The first-order valence-electron chi connectivity index (χ1n) is 7.64. The van der Waals surface area contributed by atoms with Crippen molar-refractivity contribution in [1.29, 1.82) is 0 Å². The number of rotatable bonds is 4. The Bertz CT molecular complexity index is 669. The lowest BCUT2D eigenvalue weighted by Crippen LogP contribution is -2.46. The van der Waals surface area contributed by atoms with Crippen molar-refractivity contribution in [3.63, 3.8) is 0 Å². The molecule has 0 radical (unpaired) electrons. The van der Waals surface area contributed by atoms with Gasteiger partial charge in [-0.2, -0.15) is 0 Å². The number of aromatic nitrogens is 1. The molecular weight excluding hydrogens is 316 g/mol. The molecule has 0 N–H and O–H groups in total. The minimum absolute atomic E-state index is 0.0479. The monoisotopic (exact) mass is 334 g/mol. The Kier molecular flexibility index (Phi) is 3.77. The Labute approximate surface area is 138 Å². The molecule has 2 atom stereocenters. The van der Waals surface area contributed by atoms with Crippen molar-refractivity contribution < 1.29 is 24.0 Å². The predicted molar refractivity (Wildman–Crippen MR) is 80.5 cm³/mol. The van der Waals surface area contributed by atoms with Gasteiger partial charge < -0.3 is 9.47 Å². The van der Waals surface area contributed by atoms with E-state index in [0.717, 1.165) is 0 Å². The van der Waals surface area contributed by atoms with E-state index in [-0.39, 0.29) is 11.3 Å². The Balaban J connectivity index is 2.24. The summed E-state index contributed by atoms with van der Waals surface area (Å²) >= 11 is 0. The molecule has 1 aromatic heterocycles. The first kappa shape index (κ1) is 16.4. The number of nitro groups is 1. The Morgan fingerprint density at radius 3 is 2.29 bits per heavy atom. The van der Waals surface area contributed by atoms with E-state index >= 15 is 0 Å². The number of esters is 2. The highest BCUT2D eigenvalue weighted by atomic mass is 16.6. The largest absolute Gasteiger partial charge is 0.468 e. The number of methoxy groups -OCH3 is 2. The summed E-state index contributed by atoms with van der Waals surface area (Å²) in [6.07, 6.45) is 2.73. The molecule has 0 unspecified atom stereocenters. The van der Waals surface area contributed by atoms with Gasteiger partial charge in [-0.25, -0.2) is 0 Å². The van der Waals surface area contributed by atoms with Crippen LogP contribution in [0.15, 0.2) is 24.4 Å². The highest BCUT2D eigenvalue weighted by Gasteiger charge is 2.78. The van der Waals surface area contributed by atoms with Gasteiger partial charge in [0, 0.05) is 16.5 Å². The second-order valence-electron chi connectivity index (χ2n) is 6.46. The summed E-state index contributed by atoms with van der Waals surface area (Å²) in [6.45, 7) is 0. The molecule has 128 valence electrons. The van der Waals surface area contributed by atoms with Gasteiger partial charge in [-0.1, -0.05) is 6.07 Å². The minimum atomic E-state index is -1.74. The summed E-state index contributed by atoms with van der Waals surface area (Å²) in [7, 11) is 2.34. The standard InChI is InChI=1S/C16H18N2O6/c1-23-13(19)16(14(20)24-2)9-15(6-7-15)12(18(21)22)11(16)10-5-3-4-8-17-10/h3-5,8,11-12H,6-7,9H2,1-2H3/t11-,12-/m1/s1. The molecule has 1 spiro atoms. The van der Waals surface area contributed by atoms with E-state index in [9.17, 15) is 19.7 Å². The summed E-state index contributed by atoms with van der Waals surface area (Å²) < 4.78 is 9.74. The fourth-order valence-corrected chi connectivity index (χ4v) is 4.19. The number of hydrogen-bond acceptors (Lipinski definition) is 7. The lowest BCUT2D eigenvalue weighted by molar-refractivity contribution is -0.536. The topological polar surface area (TPSA) is 109 Å². The third-order valence-corrected chi connectivity index (χ3v) is 5.33. The number of carbonyl (C=O) groups is 2. The van der Waals surface area contributed by atoms with Crippen molar-refractivity contribution in [2.75, 3.05) is 14.2 Å². The van der Waals surface area contributed by atoms with E-state index in [1.165, 1.54) is 20.4 Å². The van der Waals surface area contributed by atoms with Crippen LogP contribution in [-0.2, 0) is 19.1 Å². The molecule has 0 amide bonds. The predicted octanol–water partition coefficient (Wildman–Crippen LogP) is 1.33. The minimum Gasteiger partial charge on any atom is -0.468 e. The van der Waals surface area contributed by atoms with Gasteiger partial charge in [0.2, 0.25) is 6.04 Å². The molecule has 1 aromatic rings. The molecule has 3 rings (SSSR count). The van der Waals surface area contributed by atoms with E-state index in [2.05, 4.69) is 4.98 Å². The third kappa shape index (κ3) is 2.09. The lowest BCUT2D eigenvalue weighted by atomic mass is 9.74. The maximum atomic E-state index is 12.6. The Hall–Kier alpha value is -2.51. The van der Waals surface area contributed by atoms with Crippen LogP contribution in [0.5, 0.6) is 0 Å². The molecule has 2 fully saturated rings. The zero-order valence-corrected chi connectivity index (χ0v) is 13.4. The van der Waals surface area contributed by atoms with Gasteiger partial charge in [-0.15, -0.1) is 0 Å². The fourth-order valence-electron chi connectivity index (χ4n) is 4.19. The number of nitrogens with zero attached hydrogens (tertiary/aromatic N) is 2. The van der Waals surface area contributed by atoms with Gasteiger partial charge in [0.25, 0.3) is 0 Å². The van der Waals surface area contributed by atoms with Gasteiger partial charge in [-0.05, 0) is 31.4 Å². The molecule has 0 aromatic carbocycles. The number of carbonyl (C=O) groups excluding carboxylic acids is 2. The zero-order valence-electron chi connectivity index (χ0n) is 13.4. The average Bonchev–Trinajstić information content (AvgIpc) is 3.28. The molecule has 8 heteroatoms. The maximum Gasteiger partial charge on any atom is 0.324 e. The summed E-state index contributed by atoms with van der Waals surface area (Å²) in [6, 6.07) is 3.87. The molecule has 0 saturated heterocycles. The van der Waals surface area contributed by atoms with Crippen LogP contribution in [0.3, 0.4) is 0 Å². The highest BCUT2D eigenvalue weighted by Crippen LogP contribution is 2.69. The SMILES string of the molecule is COC(=O)C1(C(=O)OC)CC2(CC2)[C@H]([N+](=O)[O-])[C@H]1c1ccccn1. The Morgan fingerprint density at radius 2 is 1.88 bits per heavy atom. The first-order valence-corrected chi connectivity index (χ1v) is 7.64. The van der Waals surface area contributed by atoms with Crippen LogP contribution in [0.4, 0.5) is 0 Å². The van der Waals surface area contributed by atoms with Crippen molar-refractivity contribution in [3.8, 4) is 0 Å². The van der Waals surface area contributed by atoms with Crippen LogP contribution >= 0.6 is 0 Å².